The second-order valence-electron chi connectivity index (χ2n) is 5.24. The second-order valence-corrected chi connectivity index (χ2v) is 6.92. The number of fused-ring (bicyclic) bond motifs is 1. The molecule has 7 heteroatoms. The Hall–Kier alpha value is -0.790. The lowest BCUT2D eigenvalue weighted by Crippen LogP contribution is -2.40. The second kappa shape index (κ2) is 6.54. The fraction of sp³-hybridized carbons (Fsp3) is 0.571. The maximum atomic E-state index is 9.29. The van der Waals surface area contributed by atoms with Crippen LogP contribution < -0.4 is 4.90 Å². The Morgan fingerprint density at radius 2 is 2.33 bits per heavy atom. The minimum Gasteiger partial charge on any atom is -0.396 e. The zero-order chi connectivity index (χ0) is 14.8. The molecule has 0 aliphatic carbocycles. The Morgan fingerprint density at radius 3 is 3.10 bits per heavy atom. The van der Waals surface area contributed by atoms with E-state index in [1.54, 1.807) is 18.0 Å². The van der Waals surface area contributed by atoms with E-state index in [9.17, 15) is 5.11 Å². The fourth-order valence-corrected chi connectivity index (χ4v) is 3.82. The van der Waals surface area contributed by atoms with Crippen molar-refractivity contribution in [1.29, 1.82) is 0 Å². The van der Waals surface area contributed by atoms with Gasteiger partial charge < -0.3 is 10.0 Å². The standard InChI is InChI=1S/C14H19BrN4OS/c1-21-13-8-12(17-14-11(15)9-16-19(13)14)18-6-3-2-4-10(18)5-7-20/h8-10,20H,2-7H2,1H3/t10-/m0/s1. The summed E-state index contributed by atoms with van der Waals surface area (Å²) in [4.78, 5) is 7.13. The van der Waals surface area contributed by atoms with E-state index in [-0.39, 0.29) is 6.61 Å². The molecule has 1 N–H and O–H groups in total. The molecule has 3 rings (SSSR count). The summed E-state index contributed by atoms with van der Waals surface area (Å²) in [5.74, 6) is 0.992. The molecular formula is C14H19BrN4OS. The molecular weight excluding hydrogens is 352 g/mol. The SMILES string of the molecule is CSc1cc(N2CCCC[C@H]2CCO)nc2c(Br)cnn12. The normalized spacial score (nSPS) is 19.4. The third-order valence-electron chi connectivity index (χ3n) is 3.98. The van der Waals surface area contributed by atoms with Crippen molar-refractivity contribution in [3.63, 3.8) is 0 Å². The maximum absolute atomic E-state index is 9.29. The summed E-state index contributed by atoms with van der Waals surface area (Å²) in [6, 6.07) is 2.49. The monoisotopic (exact) mass is 370 g/mol. The van der Waals surface area contributed by atoms with E-state index in [2.05, 4.69) is 38.3 Å². The van der Waals surface area contributed by atoms with E-state index in [0.29, 0.717) is 6.04 Å². The fourth-order valence-electron chi connectivity index (χ4n) is 2.94. The van der Waals surface area contributed by atoms with Crippen molar-refractivity contribution in [2.75, 3.05) is 24.3 Å². The molecule has 0 saturated carbocycles. The molecule has 2 aromatic heterocycles. The van der Waals surface area contributed by atoms with Crippen molar-refractivity contribution >= 4 is 39.2 Å². The molecule has 1 fully saturated rings. The maximum Gasteiger partial charge on any atom is 0.172 e. The summed E-state index contributed by atoms with van der Waals surface area (Å²) >= 11 is 5.19. The molecule has 0 radical (unpaired) electrons. The van der Waals surface area contributed by atoms with Gasteiger partial charge in [-0.05, 0) is 47.9 Å². The van der Waals surface area contributed by atoms with Crippen LogP contribution in [0, 0.1) is 0 Å². The Kier molecular flexibility index (Phi) is 4.71. The van der Waals surface area contributed by atoms with E-state index in [1.807, 2.05) is 4.52 Å². The lowest BCUT2D eigenvalue weighted by Gasteiger charge is -2.36. The first-order chi connectivity index (χ1) is 10.2. The molecule has 0 aromatic carbocycles. The van der Waals surface area contributed by atoms with Crippen LogP contribution in [-0.2, 0) is 0 Å². The van der Waals surface area contributed by atoms with E-state index in [0.717, 1.165) is 40.4 Å². The number of halogens is 1. The van der Waals surface area contributed by atoms with Crippen LogP contribution in [0.2, 0.25) is 0 Å². The lowest BCUT2D eigenvalue weighted by atomic mass is 10.00. The van der Waals surface area contributed by atoms with Crippen LogP contribution in [0.5, 0.6) is 0 Å². The summed E-state index contributed by atoms with van der Waals surface area (Å²) in [7, 11) is 0. The van der Waals surface area contributed by atoms with Crippen LogP contribution in [-0.4, -0.2) is 45.2 Å². The summed E-state index contributed by atoms with van der Waals surface area (Å²) in [6.45, 7) is 1.24. The van der Waals surface area contributed by atoms with Crippen LogP contribution in [0.3, 0.4) is 0 Å². The number of anilines is 1. The molecule has 2 aromatic rings. The highest BCUT2D eigenvalue weighted by atomic mass is 79.9. The summed E-state index contributed by atoms with van der Waals surface area (Å²) in [5.41, 5.74) is 0.852. The number of nitrogens with zero attached hydrogens (tertiary/aromatic N) is 4. The largest absolute Gasteiger partial charge is 0.396 e. The number of thioether (sulfide) groups is 1. The molecule has 1 aliphatic rings. The van der Waals surface area contributed by atoms with Crippen LogP contribution >= 0.6 is 27.7 Å². The highest BCUT2D eigenvalue weighted by Crippen LogP contribution is 2.30. The van der Waals surface area contributed by atoms with Gasteiger partial charge in [0.25, 0.3) is 0 Å². The molecule has 1 saturated heterocycles. The molecule has 3 heterocycles. The first kappa shape index (κ1) is 15.1. The highest BCUT2D eigenvalue weighted by molar-refractivity contribution is 9.10. The average molecular weight is 371 g/mol. The summed E-state index contributed by atoms with van der Waals surface area (Å²) in [6.07, 6.45) is 8.19. The molecule has 21 heavy (non-hydrogen) atoms. The van der Waals surface area contributed by atoms with Crippen molar-refractivity contribution in [3.8, 4) is 0 Å². The topological polar surface area (TPSA) is 53.7 Å². The van der Waals surface area contributed by atoms with Gasteiger partial charge in [-0.3, -0.25) is 0 Å². The number of aromatic nitrogens is 3. The van der Waals surface area contributed by atoms with Gasteiger partial charge in [0.2, 0.25) is 0 Å². The third kappa shape index (κ3) is 2.91. The van der Waals surface area contributed by atoms with Gasteiger partial charge in [-0.15, -0.1) is 11.8 Å². The van der Waals surface area contributed by atoms with Gasteiger partial charge in [-0.25, -0.2) is 9.50 Å². The van der Waals surface area contributed by atoms with Crippen LogP contribution in [0.4, 0.5) is 5.82 Å². The van der Waals surface area contributed by atoms with Gasteiger partial charge in [0, 0.05) is 25.3 Å². The Balaban J connectivity index is 2.03. The molecule has 1 atom stereocenters. The number of aliphatic hydroxyl groups excluding tert-OH is 1. The quantitative estimate of drug-likeness (QED) is 0.662. The summed E-state index contributed by atoms with van der Waals surface area (Å²) < 4.78 is 2.78. The number of aliphatic hydroxyl groups is 1. The van der Waals surface area contributed by atoms with Gasteiger partial charge in [-0.1, -0.05) is 0 Å². The van der Waals surface area contributed by atoms with Crippen molar-refractivity contribution < 1.29 is 5.11 Å². The van der Waals surface area contributed by atoms with Crippen LogP contribution in [0.25, 0.3) is 5.65 Å². The Morgan fingerprint density at radius 1 is 1.48 bits per heavy atom. The average Bonchev–Trinajstić information content (AvgIpc) is 2.89. The molecule has 1 aliphatic heterocycles. The van der Waals surface area contributed by atoms with Crippen LogP contribution in [0.15, 0.2) is 21.8 Å². The lowest BCUT2D eigenvalue weighted by molar-refractivity contribution is 0.262. The smallest absolute Gasteiger partial charge is 0.172 e. The first-order valence-corrected chi connectivity index (χ1v) is 9.22. The van der Waals surface area contributed by atoms with Gasteiger partial charge >= 0.3 is 0 Å². The molecule has 5 nitrogen and oxygen atoms in total. The predicted octanol–water partition coefficient (Wildman–Crippen LogP) is 2.96. The van der Waals surface area contributed by atoms with Crippen molar-refractivity contribution in [3.05, 3.63) is 16.7 Å². The van der Waals surface area contributed by atoms with Crippen molar-refractivity contribution in [2.24, 2.45) is 0 Å². The van der Waals surface area contributed by atoms with E-state index in [1.165, 1.54) is 12.8 Å². The van der Waals surface area contributed by atoms with E-state index in [4.69, 9.17) is 4.98 Å². The zero-order valence-electron chi connectivity index (χ0n) is 12.0. The molecule has 0 bridgehead atoms. The van der Waals surface area contributed by atoms with E-state index < -0.39 is 0 Å². The Bertz CT molecular complexity index is 631. The number of piperidine rings is 1. The number of rotatable bonds is 4. The van der Waals surface area contributed by atoms with Gasteiger partial charge in [-0.2, -0.15) is 5.10 Å². The summed E-state index contributed by atoms with van der Waals surface area (Å²) in [5, 5.41) is 14.7. The first-order valence-electron chi connectivity index (χ1n) is 7.20. The molecule has 0 spiro atoms. The number of hydrogen-bond acceptors (Lipinski definition) is 5. The van der Waals surface area contributed by atoms with E-state index >= 15 is 0 Å². The van der Waals surface area contributed by atoms with Crippen molar-refractivity contribution in [1.82, 2.24) is 14.6 Å². The van der Waals surface area contributed by atoms with Gasteiger partial charge in [0.05, 0.1) is 10.7 Å². The minimum atomic E-state index is 0.231. The highest BCUT2D eigenvalue weighted by Gasteiger charge is 2.24. The third-order valence-corrected chi connectivity index (χ3v) is 5.24. The zero-order valence-corrected chi connectivity index (χ0v) is 14.4. The Labute approximate surface area is 136 Å². The number of hydrogen-bond donors (Lipinski definition) is 1. The minimum absolute atomic E-state index is 0.231. The van der Waals surface area contributed by atoms with Crippen molar-refractivity contribution in [2.45, 2.75) is 36.8 Å². The molecule has 114 valence electrons. The predicted molar refractivity (Wildman–Crippen MR) is 89.2 cm³/mol. The van der Waals surface area contributed by atoms with Gasteiger partial charge in [0.15, 0.2) is 5.65 Å². The molecule has 0 amide bonds. The molecule has 0 unspecified atom stereocenters. The van der Waals surface area contributed by atoms with Gasteiger partial charge in [0.1, 0.15) is 10.8 Å². The van der Waals surface area contributed by atoms with Crippen LogP contribution in [0.1, 0.15) is 25.7 Å².